The molecule has 0 rings (SSSR count). The Bertz CT molecular complexity index is 163. The van der Waals surface area contributed by atoms with Gasteiger partial charge in [0.15, 0.2) is 0 Å². The number of nitrogens with zero attached hydrogens (tertiary/aromatic N) is 1. The number of aliphatic hydroxyl groups excluding tert-OH is 1. The monoisotopic (exact) mass is 201 g/mol. The van der Waals surface area contributed by atoms with Crippen molar-refractivity contribution in [2.45, 2.75) is 34.1 Å². The summed E-state index contributed by atoms with van der Waals surface area (Å²) in [6.45, 7) is 9.35. The van der Waals surface area contributed by atoms with E-state index in [4.69, 9.17) is 5.11 Å². The van der Waals surface area contributed by atoms with Gasteiger partial charge in [-0.05, 0) is 12.3 Å². The molecule has 0 aromatic heterocycles. The van der Waals surface area contributed by atoms with Crippen LogP contribution in [0.1, 0.15) is 34.1 Å². The molecule has 1 amide bonds. The molecule has 3 heteroatoms. The van der Waals surface area contributed by atoms with E-state index in [0.717, 1.165) is 13.0 Å². The molecule has 0 aromatic carbocycles. The first-order valence-electron chi connectivity index (χ1n) is 5.44. The van der Waals surface area contributed by atoms with E-state index in [0.29, 0.717) is 12.5 Å². The lowest BCUT2D eigenvalue weighted by Crippen LogP contribution is -2.39. The number of carbonyl (C=O) groups excluding carboxylic acids is 1. The summed E-state index contributed by atoms with van der Waals surface area (Å²) >= 11 is 0. The van der Waals surface area contributed by atoms with E-state index in [1.807, 2.05) is 27.7 Å². The first kappa shape index (κ1) is 13.4. The fraction of sp³-hybridized carbons (Fsp3) is 0.909. The maximum atomic E-state index is 11.9. The van der Waals surface area contributed by atoms with E-state index in [-0.39, 0.29) is 18.4 Å². The maximum Gasteiger partial charge on any atom is 0.225 e. The van der Waals surface area contributed by atoms with Crippen LogP contribution in [0.25, 0.3) is 0 Å². The number of carbonyl (C=O) groups is 1. The van der Waals surface area contributed by atoms with Gasteiger partial charge < -0.3 is 10.0 Å². The third-order valence-electron chi connectivity index (χ3n) is 2.56. The summed E-state index contributed by atoms with van der Waals surface area (Å²) in [5, 5.41) is 8.84. The summed E-state index contributed by atoms with van der Waals surface area (Å²) in [5.41, 5.74) is 0. The Morgan fingerprint density at radius 2 is 1.86 bits per heavy atom. The zero-order valence-corrected chi connectivity index (χ0v) is 9.79. The van der Waals surface area contributed by atoms with Gasteiger partial charge in [0.05, 0.1) is 6.61 Å². The van der Waals surface area contributed by atoms with Gasteiger partial charge in [-0.3, -0.25) is 4.79 Å². The third-order valence-corrected chi connectivity index (χ3v) is 2.56. The van der Waals surface area contributed by atoms with Crippen LogP contribution in [0.3, 0.4) is 0 Å². The van der Waals surface area contributed by atoms with E-state index in [9.17, 15) is 4.79 Å². The summed E-state index contributed by atoms with van der Waals surface area (Å²) in [6.07, 6.45) is 0.941. The standard InChI is InChI=1S/C11H23NO2/c1-5-6-12(7-8-13)11(14)10(4)9(2)3/h9-10,13H,5-8H2,1-4H3. The van der Waals surface area contributed by atoms with Gasteiger partial charge in [-0.2, -0.15) is 0 Å². The molecule has 1 unspecified atom stereocenters. The fourth-order valence-electron chi connectivity index (χ4n) is 1.30. The van der Waals surface area contributed by atoms with Crippen LogP contribution in [0.15, 0.2) is 0 Å². The van der Waals surface area contributed by atoms with Gasteiger partial charge in [0, 0.05) is 19.0 Å². The number of rotatable bonds is 6. The highest BCUT2D eigenvalue weighted by atomic mass is 16.3. The molecule has 0 aliphatic carbocycles. The second kappa shape index (κ2) is 6.82. The topological polar surface area (TPSA) is 40.5 Å². The minimum absolute atomic E-state index is 0.0492. The molecule has 0 aliphatic rings. The number of hydrogen-bond acceptors (Lipinski definition) is 2. The quantitative estimate of drug-likeness (QED) is 0.707. The summed E-state index contributed by atoms with van der Waals surface area (Å²) < 4.78 is 0. The Morgan fingerprint density at radius 3 is 2.21 bits per heavy atom. The molecule has 0 saturated heterocycles. The molecule has 0 saturated carbocycles. The summed E-state index contributed by atoms with van der Waals surface area (Å²) in [5.74, 6) is 0.574. The van der Waals surface area contributed by atoms with Crippen molar-refractivity contribution in [3.05, 3.63) is 0 Å². The van der Waals surface area contributed by atoms with Crippen LogP contribution >= 0.6 is 0 Å². The lowest BCUT2D eigenvalue weighted by molar-refractivity contribution is -0.136. The molecule has 0 spiro atoms. The highest BCUT2D eigenvalue weighted by Gasteiger charge is 2.21. The van der Waals surface area contributed by atoms with Gasteiger partial charge in [0.2, 0.25) is 5.91 Å². The van der Waals surface area contributed by atoms with Crippen molar-refractivity contribution < 1.29 is 9.90 Å². The van der Waals surface area contributed by atoms with Crippen LogP contribution in [0.4, 0.5) is 0 Å². The highest BCUT2D eigenvalue weighted by Crippen LogP contribution is 2.13. The number of aliphatic hydroxyl groups is 1. The summed E-state index contributed by atoms with van der Waals surface area (Å²) in [4.78, 5) is 13.6. The highest BCUT2D eigenvalue weighted by molar-refractivity contribution is 5.78. The van der Waals surface area contributed by atoms with E-state index in [1.54, 1.807) is 4.90 Å². The van der Waals surface area contributed by atoms with Crippen LogP contribution < -0.4 is 0 Å². The van der Waals surface area contributed by atoms with Crippen molar-refractivity contribution in [1.29, 1.82) is 0 Å². The molecule has 0 aliphatic heterocycles. The third kappa shape index (κ3) is 4.09. The second-order valence-electron chi connectivity index (χ2n) is 4.08. The second-order valence-corrected chi connectivity index (χ2v) is 4.08. The Morgan fingerprint density at radius 1 is 1.29 bits per heavy atom. The van der Waals surface area contributed by atoms with Gasteiger partial charge in [-0.25, -0.2) is 0 Å². The van der Waals surface area contributed by atoms with E-state index in [1.165, 1.54) is 0 Å². The van der Waals surface area contributed by atoms with E-state index < -0.39 is 0 Å². The molecule has 0 aromatic rings. The van der Waals surface area contributed by atoms with Gasteiger partial charge in [-0.15, -0.1) is 0 Å². The molecule has 1 N–H and O–H groups in total. The molecular formula is C11H23NO2. The molecule has 84 valence electrons. The Hall–Kier alpha value is -0.570. The molecule has 1 atom stereocenters. The van der Waals surface area contributed by atoms with Crippen molar-refractivity contribution in [2.24, 2.45) is 11.8 Å². The number of hydrogen-bond donors (Lipinski definition) is 1. The van der Waals surface area contributed by atoms with Crippen molar-refractivity contribution >= 4 is 5.91 Å². The molecule has 0 bridgehead atoms. The first-order valence-corrected chi connectivity index (χ1v) is 5.44. The van der Waals surface area contributed by atoms with Crippen molar-refractivity contribution in [2.75, 3.05) is 19.7 Å². The first-order chi connectivity index (χ1) is 6.54. The van der Waals surface area contributed by atoms with Crippen molar-refractivity contribution in [3.63, 3.8) is 0 Å². The van der Waals surface area contributed by atoms with Crippen molar-refractivity contribution in [3.8, 4) is 0 Å². The maximum absolute atomic E-state index is 11.9. The molecular weight excluding hydrogens is 178 g/mol. The Kier molecular flexibility index (Phi) is 6.54. The lowest BCUT2D eigenvalue weighted by atomic mass is 9.96. The van der Waals surface area contributed by atoms with Gasteiger partial charge >= 0.3 is 0 Å². The fourth-order valence-corrected chi connectivity index (χ4v) is 1.30. The summed E-state index contributed by atoms with van der Waals surface area (Å²) in [6, 6.07) is 0. The van der Waals surface area contributed by atoms with Crippen LogP contribution in [0, 0.1) is 11.8 Å². The predicted octanol–water partition coefficient (Wildman–Crippen LogP) is 1.51. The average Bonchev–Trinajstić information content (AvgIpc) is 2.15. The van der Waals surface area contributed by atoms with Crippen LogP contribution in [0.2, 0.25) is 0 Å². The Balaban J connectivity index is 4.26. The molecule has 14 heavy (non-hydrogen) atoms. The van der Waals surface area contributed by atoms with Crippen LogP contribution in [0.5, 0.6) is 0 Å². The van der Waals surface area contributed by atoms with Gasteiger partial charge in [-0.1, -0.05) is 27.7 Å². The molecule has 0 heterocycles. The minimum atomic E-state index is 0.0492. The molecule has 3 nitrogen and oxygen atoms in total. The van der Waals surface area contributed by atoms with Crippen LogP contribution in [-0.4, -0.2) is 35.6 Å². The normalized spacial score (nSPS) is 13.0. The van der Waals surface area contributed by atoms with Gasteiger partial charge in [0.25, 0.3) is 0 Å². The van der Waals surface area contributed by atoms with Crippen LogP contribution in [-0.2, 0) is 4.79 Å². The zero-order valence-electron chi connectivity index (χ0n) is 9.79. The lowest BCUT2D eigenvalue weighted by Gasteiger charge is -2.26. The summed E-state index contributed by atoms with van der Waals surface area (Å²) in [7, 11) is 0. The average molecular weight is 201 g/mol. The van der Waals surface area contributed by atoms with E-state index in [2.05, 4.69) is 0 Å². The zero-order chi connectivity index (χ0) is 11.1. The molecule has 0 radical (unpaired) electrons. The minimum Gasteiger partial charge on any atom is -0.395 e. The van der Waals surface area contributed by atoms with Gasteiger partial charge in [0.1, 0.15) is 0 Å². The smallest absolute Gasteiger partial charge is 0.225 e. The van der Waals surface area contributed by atoms with E-state index >= 15 is 0 Å². The molecule has 0 fully saturated rings. The SMILES string of the molecule is CCCN(CCO)C(=O)C(C)C(C)C. The number of amides is 1. The largest absolute Gasteiger partial charge is 0.395 e. The van der Waals surface area contributed by atoms with Crippen molar-refractivity contribution in [1.82, 2.24) is 4.90 Å². The Labute approximate surface area is 87.1 Å². The predicted molar refractivity (Wildman–Crippen MR) is 58.0 cm³/mol.